The van der Waals surface area contributed by atoms with Gasteiger partial charge in [0.1, 0.15) is 11.6 Å². The normalized spacial score (nSPS) is 11.4. The zero-order chi connectivity index (χ0) is 21.1. The number of nitrogens with zero attached hydrogens (tertiary/aromatic N) is 1. The van der Waals surface area contributed by atoms with Crippen LogP contribution in [-0.2, 0) is 24.4 Å². The fourth-order valence-corrected chi connectivity index (χ4v) is 2.77. The molecule has 0 radical (unpaired) electrons. The first-order valence-corrected chi connectivity index (χ1v) is 9.61. The first-order chi connectivity index (χ1) is 14.1. The number of aliphatic hydroxyl groups excluding tert-OH is 1. The highest BCUT2D eigenvalue weighted by atomic mass is 19.1. The Bertz CT molecular complexity index is 812. The Hall–Kier alpha value is -2.64. The Labute approximate surface area is 171 Å². The second kappa shape index (κ2) is 12.0. The Morgan fingerprint density at radius 1 is 1.07 bits per heavy atom. The number of aliphatic imine (C=N–C) groups is 1. The second-order valence-electron chi connectivity index (χ2n) is 6.67. The highest BCUT2D eigenvalue weighted by molar-refractivity contribution is 5.79. The summed E-state index contributed by atoms with van der Waals surface area (Å²) in [5, 5.41) is 15.7. The predicted molar refractivity (Wildman–Crippen MR) is 113 cm³/mol. The molecule has 7 heteroatoms. The van der Waals surface area contributed by atoms with Crippen molar-refractivity contribution in [1.82, 2.24) is 10.6 Å². The number of nitrogens with one attached hydrogen (secondary N) is 2. The molecule has 0 aromatic heterocycles. The van der Waals surface area contributed by atoms with Crippen molar-refractivity contribution in [2.75, 3.05) is 27.4 Å². The molecule has 0 fully saturated rings. The van der Waals surface area contributed by atoms with Gasteiger partial charge in [0.2, 0.25) is 0 Å². The van der Waals surface area contributed by atoms with Gasteiger partial charge < -0.3 is 25.2 Å². The molecule has 2 aromatic carbocycles. The maximum Gasteiger partial charge on any atom is 0.191 e. The van der Waals surface area contributed by atoms with E-state index in [0.717, 1.165) is 28.9 Å². The van der Waals surface area contributed by atoms with Crippen LogP contribution in [0, 0.1) is 12.7 Å². The monoisotopic (exact) mass is 403 g/mol. The van der Waals surface area contributed by atoms with Crippen molar-refractivity contribution in [3.63, 3.8) is 0 Å². The summed E-state index contributed by atoms with van der Waals surface area (Å²) in [6, 6.07) is 10.8. The highest BCUT2D eigenvalue weighted by Crippen LogP contribution is 2.20. The average molecular weight is 403 g/mol. The molecular weight excluding hydrogens is 373 g/mol. The molecule has 0 unspecified atom stereocenters. The third kappa shape index (κ3) is 7.36. The van der Waals surface area contributed by atoms with E-state index in [4.69, 9.17) is 9.47 Å². The first kappa shape index (κ1) is 22.6. The van der Waals surface area contributed by atoms with Crippen LogP contribution in [0.5, 0.6) is 5.75 Å². The lowest BCUT2D eigenvalue weighted by molar-refractivity contribution is 0.171. The standard InChI is InChI=1S/C22H30FN3O3/c1-16-5-7-18(21(11-16)29-10-4-9-28-3)14-26-22(24-2)25-13-17-6-8-20(23)19(12-17)15-27/h5-8,11-12,27H,4,9-10,13-15H2,1-3H3,(H2,24,25,26). The molecule has 0 saturated carbocycles. The molecule has 29 heavy (non-hydrogen) atoms. The first-order valence-electron chi connectivity index (χ1n) is 9.61. The molecule has 0 aliphatic heterocycles. The van der Waals surface area contributed by atoms with Gasteiger partial charge in [0.15, 0.2) is 5.96 Å². The molecule has 0 heterocycles. The number of halogens is 1. The van der Waals surface area contributed by atoms with Crippen molar-refractivity contribution in [3.05, 3.63) is 64.5 Å². The molecule has 0 atom stereocenters. The van der Waals surface area contributed by atoms with Gasteiger partial charge in [0.05, 0.1) is 13.2 Å². The summed E-state index contributed by atoms with van der Waals surface area (Å²) in [7, 11) is 3.37. The van der Waals surface area contributed by atoms with E-state index in [2.05, 4.69) is 15.6 Å². The maximum atomic E-state index is 13.5. The van der Waals surface area contributed by atoms with Crippen LogP contribution in [0.2, 0.25) is 0 Å². The molecular formula is C22H30FN3O3. The molecule has 2 rings (SSSR count). The van der Waals surface area contributed by atoms with Crippen LogP contribution >= 0.6 is 0 Å². The minimum Gasteiger partial charge on any atom is -0.493 e. The summed E-state index contributed by atoms with van der Waals surface area (Å²) in [5.41, 5.74) is 3.30. The fourth-order valence-electron chi connectivity index (χ4n) is 2.77. The van der Waals surface area contributed by atoms with Gasteiger partial charge in [-0.2, -0.15) is 0 Å². The number of ether oxygens (including phenoxy) is 2. The largest absolute Gasteiger partial charge is 0.493 e. The summed E-state index contributed by atoms with van der Waals surface area (Å²) < 4.78 is 24.5. The van der Waals surface area contributed by atoms with Crippen LogP contribution in [0.3, 0.4) is 0 Å². The van der Waals surface area contributed by atoms with E-state index >= 15 is 0 Å². The minimum atomic E-state index is -0.406. The number of methoxy groups -OCH3 is 1. The lowest BCUT2D eigenvalue weighted by Gasteiger charge is -2.16. The fraction of sp³-hybridized carbons (Fsp3) is 0.409. The van der Waals surface area contributed by atoms with E-state index in [1.165, 1.54) is 6.07 Å². The molecule has 0 spiro atoms. The number of hydrogen-bond donors (Lipinski definition) is 3. The smallest absolute Gasteiger partial charge is 0.191 e. The molecule has 0 aliphatic rings. The molecule has 0 amide bonds. The summed E-state index contributed by atoms with van der Waals surface area (Å²) in [4.78, 5) is 4.23. The van der Waals surface area contributed by atoms with Crippen LogP contribution in [-0.4, -0.2) is 38.4 Å². The van der Waals surface area contributed by atoms with Crippen LogP contribution in [0.4, 0.5) is 4.39 Å². The molecule has 158 valence electrons. The van der Waals surface area contributed by atoms with Gasteiger partial charge in [-0.3, -0.25) is 4.99 Å². The predicted octanol–water partition coefficient (Wildman–Crippen LogP) is 2.91. The van der Waals surface area contributed by atoms with Gasteiger partial charge in [-0.25, -0.2) is 4.39 Å². The number of aryl methyl sites for hydroxylation is 1. The topological polar surface area (TPSA) is 75.1 Å². The quantitative estimate of drug-likeness (QED) is 0.323. The zero-order valence-electron chi connectivity index (χ0n) is 17.3. The van der Waals surface area contributed by atoms with Crippen LogP contribution < -0.4 is 15.4 Å². The molecule has 3 N–H and O–H groups in total. The van der Waals surface area contributed by atoms with E-state index in [1.807, 2.05) is 25.1 Å². The van der Waals surface area contributed by atoms with E-state index in [1.54, 1.807) is 26.3 Å². The SMILES string of the molecule is CN=C(NCc1ccc(F)c(CO)c1)NCc1ccc(C)cc1OCCCOC. The highest BCUT2D eigenvalue weighted by Gasteiger charge is 2.07. The van der Waals surface area contributed by atoms with Crippen LogP contribution in [0.1, 0.15) is 28.7 Å². The number of hydrogen-bond acceptors (Lipinski definition) is 4. The summed E-state index contributed by atoms with van der Waals surface area (Å²) in [6.45, 7) is 3.97. The summed E-state index contributed by atoms with van der Waals surface area (Å²) in [6.07, 6.45) is 0.827. The Balaban J connectivity index is 1.93. The van der Waals surface area contributed by atoms with Gasteiger partial charge in [-0.05, 0) is 36.2 Å². The van der Waals surface area contributed by atoms with Gasteiger partial charge in [-0.1, -0.05) is 18.2 Å². The Morgan fingerprint density at radius 3 is 2.59 bits per heavy atom. The molecule has 2 aromatic rings. The molecule has 6 nitrogen and oxygen atoms in total. The minimum absolute atomic E-state index is 0.280. The van der Waals surface area contributed by atoms with E-state index in [9.17, 15) is 9.50 Å². The lowest BCUT2D eigenvalue weighted by Crippen LogP contribution is -2.36. The van der Waals surface area contributed by atoms with Crippen LogP contribution in [0.25, 0.3) is 0 Å². The van der Waals surface area contributed by atoms with Crippen molar-refractivity contribution in [2.24, 2.45) is 4.99 Å². The average Bonchev–Trinajstić information content (AvgIpc) is 2.73. The van der Waals surface area contributed by atoms with Gasteiger partial charge >= 0.3 is 0 Å². The summed E-state index contributed by atoms with van der Waals surface area (Å²) >= 11 is 0. The number of aliphatic hydroxyl groups is 1. The summed E-state index contributed by atoms with van der Waals surface area (Å²) in [5.74, 6) is 1.05. The number of benzene rings is 2. The van der Waals surface area contributed by atoms with Crippen LogP contribution in [0.15, 0.2) is 41.4 Å². The van der Waals surface area contributed by atoms with Gasteiger partial charge in [-0.15, -0.1) is 0 Å². The molecule has 0 bridgehead atoms. The van der Waals surface area contributed by atoms with Crippen molar-refractivity contribution in [3.8, 4) is 5.75 Å². The third-order valence-electron chi connectivity index (χ3n) is 4.38. The van der Waals surface area contributed by atoms with Crippen molar-refractivity contribution >= 4 is 5.96 Å². The lowest BCUT2D eigenvalue weighted by atomic mass is 10.1. The van der Waals surface area contributed by atoms with Crippen molar-refractivity contribution in [2.45, 2.75) is 33.0 Å². The maximum absolute atomic E-state index is 13.5. The number of guanidine groups is 1. The van der Waals surface area contributed by atoms with Crippen molar-refractivity contribution in [1.29, 1.82) is 0 Å². The van der Waals surface area contributed by atoms with E-state index in [0.29, 0.717) is 32.3 Å². The molecule has 0 saturated heterocycles. The third-order valence-corrected chi connectivity index (χ3v) is 4.38. The van der Waals surface area contributed by atoms with Gasteiger partial charge in [0.25, 0.3) is 0 Å². The zero-order valence-corrected chi connectivity index (χ0v) is 17.3. The van der Waals surface area contributed by atoms with E-state index < -0.39 is 5.82 Å². The second-order valence-corrected chi connectivity index (χ2v) is 6.67. The van der Waals surface area contributed by atoms with Gasteiger partial charge in [0, 0.05) is 51.4 Å². The van der Waals surface area contributed by atoms with E-state index in [-0.39, 0.29) is 12.2 Å². The Morgan fingerprint density at radius 2 is 1.86 bits per heavy atom. The Kier molecular flexibility index (Phi) is 9.40. The number of rotatable bonds is 10. The van der Waals surface area contributed by atoms with Crippen molar-refractivity contribution < 1.29 is 19.0 Å². The molecule has 0 aliphatic carbocycles.